The number of hydrogen-bond donors (Lipinski definition) is 3. The summed E-state index contributed by atoms with van der Waals surface area (Å²) >= 11 is 0. The van der Waals surface area contributed by atoms with Gasteiger partial charge in [-0.3, -0.25) is 19.8 Å². The summed E-state index contributed by atoms with van der Waals surface area (Å²) in [6.07, 6.45) is 6.34. The van der Waals surface area contributed by atoms with Crippen LogP contribution in [0.15, 0.2) is 72.9 Å². The van der Waals surface area contributed by atoms with E-state index in [2.05, 4.69) is 54.3 Å². The normalized spacial score (nSPS) is 19.9. The number of carbonyl (C=O) groups is 3. The zero-order valence-corrected chi connectivity index (χ0v) is 34.3. The van der Waals surface area contributed by atoms with Crippen molar-refractivity contribution in [1.82, 2.24) is 29.9 Å². The molecular formula is C46H53N9O5. The van der Waals surface area contributed by atoms with Gasteiger partial charge in [0, 0.05) is 87.5 Å². The molecule has 2 aromatic heterocycles. The Kier molecular flexibility index (Phi) is 10.9. The lowest BCUT2D eigenvalue weighted by atomic mass is 9.93. The van der Waals surface area contributed by atoms with Crippen molar-refractivity contribution in [2.75, 3.05) is 74.5 Å². The van der Waals surface area contributed by atoms with E-state index in [1.807, 2.05) is 49.1 Å². The number of hydrogen-bond acceptors (Lipinski definition) is 10. The molecule has 4 fully saturated rings. The number of morpholine rings is 1. The van der Waals surface area contributed by atoms with Crippen molar-refractivity contribution in [3.8, 4) is 17.0 Å². The number of ether oxygens (including phenoxy) is 1. The SMILES string of the molecule is Cc1cc(C(=O)N2CCC(CN3CCC(n4ccc5c(N6CCC(=O)NC6=O)c(C)ccc54)CC3)CC2)ccc1[C@H]1CN(c2cc(-c3ccccc3O)nnc2N)CCO1. The summed E-state index contributed by atoms with van der Waals surface area (Å²) in [5, 5.41) is 22.4. The number of nitrogens with one attached hydrogen (secondary N) is 1. The highest BCUT2D eigenvalue weighted by Crippen LogP contribution is 2.37. The van der Waals surface area contributed by atoms with Gasteiger partial charge in [-0.2, -0.15) is 0 Å². The first-order chi connectivity index (χ1) is 29.1. The first-order valence-corrected chi connectivity index (χ1v) is 21.2. The van der Waals surface area contributed by atoms with Gasteiger partial charge in [-0.25, -0.2) is 4.79 Å². The van der Waals surface area contributed by atoms with E-state index in [4.69, 9.17) is 10.5 Å². The number of aromatic hydroxyl groups is 1. The molecule has 4 N–H and O–H groups in total. The molecule has 14 heteroatoms. The number of urea groups is 1. The topological polar surface area (TPSA) is 162 Å². The molecule has 0 spiro atoms. The highest BCUT2D eigenvalue weighted by atomic mass is 16.5. The van der Waals surface area contributed by atoms with E-state index in [9.17, 15) is 19.5 Å². The van der Waals surface area contributed by atoms with Gasteiger partial charge < -0.3 is 34.8 Å². The fraction of sp³-hybridized carbons (Fsp3) is 0.413. The maximum absolute atomic E-state index is 13.8. The number of phenolic OH excluding ortho intramolecular Hbond substituents is 1. The molecule has 60 heavy (non-hydrogen) atoms. The van der Waals surface area contributed by atoms with Gasteiger partial charge >= 0.3 is 6.03 Å². The first kappa shape index (κ1) is 39.5. The van der Waals surface area contributed by atoms with Crippen molar-refractivity contribution < 1.29 is 24.2 Å². The van der Waals surface area contributed by atoms with Gasteiger partial charge in [0.1, 0.15) is 11.9 Å². The molecular weight excluding hydrogens is 759 g/mol. The molecule has 0 bridgehead atoms. The number of para-hydroxylation sites is 1. The van der Waals surface area contributed by atoms with E-state index < -0.39 is 0 Å². The van der Waals surface area contributed by atoms with Gasteiger partial charge in [0.25, 0.3) is 5.91 Å². The lowest BCUT2D eigenvalue weighted by molar-refractivity contribution is -0.120. The molecule has 0 saturated carbocycles. The lowest BCUT2D eigenvalue weighted by Gasteiger charge is -2.38. The quantitative estimate of drug-likeness (QED) is 0.164. The molecule has 4 aliphatic heterocycles. The minimum absolute atomic E-state index is 0.0779. The van der Waals surface area contributed by atoms with Crippen LogP contribution >= 0.6 is 0 Å². The van der Waals surface area contributed by atoms with Crippen LogP contribution in [-0.4, -0.2) is 106 Å². The number of rotatable bonds is 8. The molecule has 5 aromatic rings. The van der Waals surface area contributed by atoms with Crippen LogP contribution < -0.4 is 20.9 Å². The number of aromatic nitrogens is 3. The third-order valence-corrected chi connectivity index (χ3v) is 13.0. The molecule has 6 heterocycles. The van der Waals surface area contributed by atoms with Crippen LogP contribution in [0.2, 0.25) is 0 Å². The lowest BCUT2D eigenvalue weighted by Crippen LogP contribution is -2.49. The summed E-state index contributed by atoms with van der Waals surface area (Å²) in [5.41, 5.74) is 14.0. The van der Waals surface area contributed by atoms with E-state index in [1.54, 1.807) is 23.1 Å². The number of nitrogens with zero attached hydrogens (tertiary/aromatic N) is 7. The Morgan fingerprint density at radius 3 is 2.47 bits per heavy atom. The maximum Gasteiger partial charge on any atom is 0.328 e. The van der Waals surface area contributed by atoms with Crippen molar-refractivity contribution in [2.24, 2.45) is 5.92 Å². The monoisotopic (exact) mass is 811 g/mol. The van der Waals surface area contributed by atoms with Gasteiger partial charge in [0.15, 0.2) is 5.82 Å². The standard InChI is InChI=1S/C46H53N9O5/c1-29-7-10-38-36(43(29)55-22-16-42(57)48-46(55)59)15-21-54(38)33-13-17-51(18-14-33)27-31-11-19-52(20-12-31)45(58)32-8-9-34(30(2)25-32)41-28-53(23-24-60-41)39-26-37(49-50-44(39)47)35-5-3-4-6-40(35)56/h3-10,15,21,25-26,31,33,41,56H,11-14,16-20,22-24,27-28H2,1-2H3,(H2,47,50)(H,48,57,59)/t41-/m1/s1. The van der Waals surface area contributed by atoms with Crippen LogP contribution in [0, 0.1) is 19.8 Å². The number of benzene rings is 3. The summed E-state index contributed by atoms with van der Waals surface area (Å²) in [6, 6.07) is 21.3. The van der Waals surface area contributed by atoms with E-state index in [0.717, 1.165) is 97.4 Å². The predicted molar refractivity (Wildman–Crippen MR) is 231 cm³/mol. The minimum atomic E-state index is -0.351. The Morgan fingerprint density at radius 2 is 1.70 bits per heavy atom. The van der Waals surface area contributed by atoms with Crippen molar-refractivity contribution in [2.45, 2.75) is 58.1 Å². The van der Waals surface area contributed by atoms with Gasteiger partial charge in [0.2, 0.25) is 5.91 Å². The fourth-order valence-corrected chi connectivity index (χ4v) is 9.72. The van der Waals surface area contributed by atoms with Crippen molar-refractivity contribution in [3.05, 3.63) is 95.2 Å². The number of imide groups is 1. The second kappa shape index (κ2) is 16.6. The molecule has 312 valence electrons. The number of piperidine rings is 2. The zero-order chi connectivity index (χ0) is 41.5. The third kappa shape index (κ3) is 7.77. The molecule has 4 aliphatic rings. The Hall–Kier alpha value is -5.99. The zero-order valence-electron chi connectivity index (χ0n) is 34.3. The number of likely N-dealkylation sites (tertiary alicyclic amines) is 2. The Bertz CT molecular complexity index is 2430. The number of anilines is 3. The predicted octanol–water partition coefficient (Wildman–Crippen LogP) is 6.22. The third-order valence-electron chi connectivity index (χ3n) is 13.0. The molecule has 14 nitrogen and oxygen atoms in total. The summed E-state index contributed by atoms with van der Waals surface area (Å²) in [5.74, 6) is 0.861. The number of phenols is 1. The second-order valence-electron chi connectivity index (χ2n) is 16.8. The average Bonchev–Trinajstić information content (AvgIpc) is 3.69. The number of nitrogen functional groups attached to an aromatic ring is 1. The van der Waals surface area contributed by atoms with Crippen LogP contribution in [0.1, 0.15) is 71.3 Å². The number of nitrogens with two attached hydrogens (primary N) is 1. The number of carbonyl (C=O) groups excluding carboxylic acids is 3. The van der Waals surface area contributed by atoms with Crippen molar-refractivity contribution in [1.29, 1.82) is 0 Å². The van der Waals surface area contributed by atoms with Crippen LogP contribution in [0.3, 0.4) is 0 Å². The fourth-order valence-electron chi connectivity index (χ4n) is 9.72. The molecule has 0 aliphatic carbocycles. The van der Waals surface area contributed by atoms with Crippen LogP contribution in [0.4, 0.5) is 22.0 Å². The average molecular weight is 812 g/mol. The van der Waals surface area contributed by atoms with Gasteiger partial charge in [-0.15, -0.1) is 10.2 Å². The number of amides is 4. The van der Waals surface area contributed by atoms with E-state index in [1.165, 1.54) is 0 Å². The summed E-state index contributed by atoms with van der Waals surface area (Å²) in [6.45, 7) is 10.8. The van der Waals surface area contributed by atoms with Gasteiger partial charge in [-0.1, -0.05) is 24.3 Å². The highest BCUT2D eigenvalue weighted by Gasteiger charge is 2.31. The van der Waals surface area contributed by atoms with E-state index >= 15 is 0 Å². The van der Waals surface area contributed by atoms with E-state index in [-0.39, 0.29) is 29.7 Å². The molecule has 4 amide bonds. The van der Waals surface area contributed by atoms with Gasteiger partial charge in [-0.05, 0) is 105 Å². The van der Waals surface area contributed by atoms with Crippen LogP contribution in [0.25, 0.3) is 22.2 Å². The molecule has 1 atom stereocenters. The minimum Gasteiger partial charge on any atom is -0.507 e. The van der Waals surface area contributed by atoms with E-state index in [0.29, 0.717) is 67.3 Å². The first-order valence-electron chi connectivity index (χ1n) is 21.2. The van der Waals surface area contributed by atoms with Crippen LogP contribution in [0.5, 0.6) is 5.75 Å². The molecule has 4 saturated heterocycles. The number of fused-ring (bicyclic) bond motifs is 1. The van der Waals surface area contributed by atoms with Crippen LogP contribution in [-0.2, 0) is 9.53 Å². The van der Waals surface area contributed by atoms with Crippen molar-refractivity contribution in [3.63, 3.8) is 0 Å². The second-order valence-corrected chi connectivity index (χ2v) is 16.8. The largest absolute Gasteiger partial charge is 0.507 e. The Labute approximate surface area is 349 Å². The molecule has 9 rings (SSSR count). The smallest absolute Gasteiger partial charge is 0.328 e. The van der Waals surface area contributed by atoms with Gasteiger partial charge in [0.05, 0.1) is 29.2 Å². The summed E-state index contributed by atoms with van der Waals surface area (Å²) in [4.78, 5) is 46.8. The molecule has 3 aromatic carbocycles. The Balaban J connectivity index is 0.774. The Morgan fingerprint density at radius 1 is 0.900 bits per heavy atom. The number of aryl methyl sites for hydroxylation is 2. The van der Waals surface area contributed by atoms with Crippen molar-refractivity contribution >= 4 is 45.9 Å². The summed E-state index contributed by atoms with van der Waals surface area (Å²) < 4.78 is 8.63. The molecule has 0 radical (unpaired) electrons. The molecule has 0 unspecified atom stereocenters. The summed E-state index contributed by atoms with van der Waals surface area (Å²) in [7, 11) is 0. The maximum atomic E-state index is 13.8. The highest BCUT2D eigenvalue weighted by molar-refractivity contribution is 6.10.